The molecular weight excluding hydrogens is 715 g/mol. The van der Waals surface area contributed by atoms with Crippen LogP contribution in [0.4, 0.5) is 5.69 Å². The van der Waals surface area contributed by atoms with Crippen molar-refractivity contribution in [2.45, 2.75) is 62.7 Å². The van der Waals surface area contributed by atoms with Crippen LogP contribution >= 0.6 is 11.3 Å². The molecule has 15 heteroatoms. The van der Waals surface area contributed by atoms with E-state index in [0.717, 1.165) is 11.1 Å². The SMILES string of the molecule is O=C(O)CC[C@@H]1NC(=O)[C@H](Cc2ccc(-c3ccccc3)cc2)NC(=O)C(c2cccs2)NC(=O)CCC(=O)Nc2ccc(cc2)C[C@@H](C(=O)O)NC1=O. The second kappa shape index (κ2) is 18.4. The van der Waals surface area contributed by atoms with Crippen molar-refractivity contribution in [2.24, 2.45) is 0 Å². The summed E-state index contributed by atoms with van der Waals surface area (Å²) < 4.78 is 0. The number of carbonyl (C=O) groups excluding carboxylic acids is 5. The monoisotopic (exact) mass is 753 g/mol. The number of benzene rings is 3. The predicted octanol–water partition coefficient (Wildman–Crippen LogP) is 3.19. The molecule has 0 spiro atoms. The number of anilines is 1. The van der Waals surface area contributed by atoms with Crippen molar-refractivity contribution in [2.75, 3.05) is 5.32 Å². The molecule has 2 bridgehead atoms. The molecule has 0 fully saturated rings. The first kappa shape index (κ1) is 38.9. The van der Waals surface area contributed by atoms with E-state index in [1.165, 1.54) is 11.3 Å². The van der Waals surface area contributed by atoms with Gasteiger partial charge in [0.25, 0.3) is 0 Å². The van der Waals surface area contributed by atoms with Crippen molar-refractivity contribution < 1.29 is 43.8 Å². The molecule has 5 amide bonds. The first-order valence-electron chi connectivity index (χ1n) is 17.2. The molecule has 4 aromatic rings. The van der Waals surface area contributed by atoms with Gasteiger partial charge < -0.3 is 36.8 Å². The number of carboxylic acids is 2. The summed E-state index contributed by atoms with van der Waals surface area (Å²) in [6.45, 7) is 0. The molecule has 14 nitrogen and oxygen atoms in total. The van der Waals surface area contributed by atoms with Crippen LogP contribution in [-0.2, 0) is 46.4 Å². The van der Waals surface area contributed by atoms with Gasteiger partial charge in [0.2, 0.25) is 29.5 Å². The van der Waals surface area contributed by atoms with E-state index in [9.17, 15) is 43.8 Å². The molecule has 7 N–H and O–H groups in total. The van der Waals surface area contributed by atoms with Gasteiger partial charge in [-0.2, -0.15) is 0 Å². The molecular formula is C39H39N5O9S. The van der Waals surface area contributed by atoms with Gasteiger partial charge in [0.1, 0.15) is 24.2 Å². The minimum absolute atomic E-state index is 0.0707. The van der Waals surface area contributed by atoms with Crippen molar-refractivity contribution in [3.8, 4) is 11.1 Å². The van der Waals surface area contributed by atoms with E-state index in [1.54, 1.807) is 53.9 Å². The van der Waals surface area contributed by atoms with Crippen LogP contribution in [0, 0.1) is 0 Å². The largest absolute Gasteiger partial charge is 0.481 e. The summed E-state index contributed by atoms with van der Waals surface area (Å²) in [5.74, 6) is -6.22. The molecule has 3 aromatic carbocycles. The summed E-state index contributed by atoms with van der Waals surface area (Å²) in [6, 6.07) is 20.8. The van der Waals surface area contributed by atoms with Crippen LogP contribution in [0.25, 0.3) is 11.1 Å². The molecule has 0 saturated carbocycles. The lowest BCUT2D eigenvalue weighted by molar-refractivity contribution is -0.143. The van der Waals surface area contributed by atoms with Crippen molar-refractivity contribution >= 4 is 58.5 Å². The molecule has 0 radical (unpaired) electrons. The standard InChI is InChI=1S/C39H39N5O9S/c45-32-17-18-33(46)44-35(31-7-4-20-54-31)38(51)42-29(21-23-8-12-26(13-9-23)25-5-2-1-3-6-25)37(50)41-28(16-19-34(47)48)36(49)43-30(39(52)53)22-24-10-14-27(40-32)15-11-24/h1-15,20,28-30,35H,16-19,21-22H2,(H,40,45)(H,41,50)(H,42,51)(H,43,49)(H,44,46)(H,47,48)(H,52,53)/t28-,29-,30-,35?/m0/s1. The smallest absolute Gasteiger partial charge is 0.326 e. The van der Waals surface area contributed by atoms with E-state index in [2.05, 4.69) is 26.6 Å². The third-order valence-electron chi connectivity index (χ3n) is 8.68. The summed E-state index contributed by atoms with van der Waals surface area (Å²) in [5.41, 5.74) is 3.39. The molecule has 1 unspecified atom stereocenters. The summed E-state index contributed by atoms with van der Waals surface area (Å²) >= 11 is 1.19. The van der Waals surface area contributed by atoms with Crippen LogP contribution < -0.4 is 26.6 Å². The fourth-order valence-electron chi connectivity index (χ4n) is 5.81. The van der Waals surface area contributed by atoms with Crippen molar-refractivity contribution in [3.63, 3.8) is 0 Å². The number of hydrogen-bond donors (Lipinski definition) is 7. The molecule has 280 valence electrons. The minimum Gasteiger partial charge on any atom is -0.481 e. The average Bonchev–Trinajstić information content (AvgIpc) is 3.70. The van der Waals surface area contributed by atoms with E-state index in [1.807, 2.05) is 42.5 Å². The Morgan fingerprint density at radius 3 is 1.96 bits per heavy atom. The average molecular weight is 754 g/mol. The Morgan fingerprint density at radius 1 is 0.667 bits per heavy atom. The van der Waals surface area contributed by atoms with Gasteiger partial charge in [-0.25, -0.2) is 4.79 Å². The number of carboxylic acid groups (broad SMARTS) is 2. The Hall–Kier alpha value is -6.35. The molecule has 0 aliphatic carbocycles. The molecule has 4 atom stereocenters. The zero-order valence-corrected chi connectivity index (χ0v) is 29.8. The summed E-state index contributed by atoms with van der Waals surface area (Å²) in [7, 11) is 0. The number of nitrogens with one attached hydrogen (secondary N) is 5. The summed E-state index contributed by atoms with van der Waals surface area (Å²) in [6.07, 6.45) is -1.62. The van der Waals surface area contributed by atoms with E-state index in [4.69, 9.17) is 0 Å². The number of fused-ring (bicyclic) bond motifs is 18. The normalized spacial score (nSPS) is 20.3. The third-order valence-corrected chi connectivity index (χ3v) is 9.62. The fraction of sp³-hybridized carbons (Fsp3) is 0.256. The van der Waals surface area contributed by atoms with Gasteiger partial charge in [0, 0.05) is 42.7 Å². The topological polar surface area (TPSA) is 220 Å². The van der Waals surface area contributed by atoms with Crippen LogP contribution in [-0.4, -0.2) is 69.8 Å². The number of carbonyl (C=O) groups is 7. The fourth-order valence-corrected chi connectivity index (χ4v) is 6.58. The molecule has 2 aliphatic heterocycles. The highest BCUT2D eigenvalue weighted by molar-refractivity contribution is 7.10. The summed E-state index contributed by atoms with van der Waals surface area (Å²) in [5, 5.41) is 34.1. The molecule has 0 saturated heterocycles. The van der Waals surface area contributed by atoms with Crippen molar-refractivity contribution in [1.82, 2.24) is 21.3 Å². The van der Waals surface area contributed by atoms with Crippen LogP contribution in [0.1, 0.15) is 47.7 Å². The first-order valence-corrected chi connectivity index (χ1v) is 18.0. The molecule has 2 aliphatic rings. The lowest BCUT2D eigenvalue weighted by Crippen LogP contribution is -2.57. The second-order valence-corrected chi connectivity index (χ2v) is 13.7. The Kier molecular flexibility index (Phi) is 13.3. The summed E-state index contributed by atoms with van der Waals surface area (Å²) in [4.78, 5) is 91.7. The maximum atomic E-state index is 14.1. The minimum atomic E-state index is -1.49. The molecule has 3 heterocycles. The lowest BCUT2D eigenvalue weighted by Gasteiger charge is -2.26. The molecule has 6 rings (SSSR count). The Bertz CT molecular complexity index is 1970. The number of amides is 5. The third kappa shape index (κ3) is 11.1. The molecule has 54 heavy (non-hydrogen) atoms. The predicted molar refractivity (Wildman–Crippen MR) is 199 cm³/mol. The van der Waals surface area contributed by atoms with Gasteiger partial charge in [-0.15, -0.1) is 11.3 Å². The van der Waals surface area contributed by atoms with Crippen LogP contribution in [0.2, 0.25) is 0 Å². The quantitative estimate of drug-likeness (QED) is 0.131. The second-order valence-electron chi connectivity index (χ2n) is 12.7. The number of aliphatic carboxylic acids is 2. The maximum absolute atomic E-state index is 14.1. The van der Waals surface area contributed by atoms with Gasteiger partial charge in [-0.05, 0) is 52.3 Å². The van der Waals surface area contributed by atoms with Gasteiger partial charge >= 0.3 is 11.9 Å². The van der Waals surface area contributed by atoms with Crippen molar-refractivity contribution in [1.29, 1.82) is 0 Å². The zero-order valence-electron chi connectivity index (χ0n) is 29.0. The van der Waals surface area contributed by atoms with Crippen LogP contribution in [0.3, 0.4) is 0 Å². The van der Waals surface area contributed by atoms with E-state index in [0.29, 0.717) is 21.7 Å². The van der Waals surface area contributed by atoms with E-state index >= 15 is 0 Å². The van der Waals surface area contributed by atoms with Gasteiger partial charge in [-0.3, -0.25) is 28.8 Å². The van der Waals surface area contributed by atoms with Crippen molar-refractivity contribution in [3.05, 3.63) is 112 Å². The first-order chi connectivity index (χ1) is 25.9. The maximum Gasteiger partial charge on any atom is 0.326 e. The van der Waals surface area contributed by atoms with Gasteiger partial charge in [-0.1, -0.05) is 72.8 Å². The highest BCUT2D eigenvalue weighted by Gasteiger charge is 2.33. The molecule has 1 aromatic heterocycles. The van der Waals surface area contributed by atoms with Gasteiger partial charge in [0.15, 0.2) is 0 Å². The van der Waals surface area contributed by atoms with Gasteiger partial charge in [0.05, 0.1) is 0 Å². The van der Waals surface area contributed by atoms with Crippen LogP contribution in [0.15, 0.2) is 96.4 Å². The van der Waals surface area contributed by atoms with E-state index in [-0.39, 0.29) is 32.1 Å². The Morgan fingerprint density at radius 2 is 1.31 bits per heavy atom. The number of thiophene rings is 1. The van der Waals surface area contributed by atoms with E-state index < -0.39 is 72.1 Å². The van der Waals surface area contributed by atoms with Crippen LogP contribution in [0.5, 0.6) is 0 Å². The Balaban J connectivity index is 1.48. The lowest BCUT2D eigenvalue weighted by atomic mass is 9.99. The Labute approximate surface area is 314 Å². The number of rotatable bonds is 8. The highest BCUT2D eigenvalue weighted by Crippen LogP contribution is 2.22. The number of hydrogen-bond acceptors (Lipinski definition) is 8. The zero-order chi connectivity index (χ0) is 38.6. The highest BCUT2D eigenvalue weighted by atomic mass is 32.1.